The molecule has 2 aliphatic rings. The van der Waals surface area contributed by atoms with Gasteiger partial charge in [0.25, 0.3) is 11.8 Å². The largest absolute Gasteiger partial charge is 2.00 e. The van der Waals surface area contributed by atoms with Crippen LogP contribution in [0.5, 0.6) is 0 Å². The van der Waals surface area contributed by atoms with Crippen LogP contribution in [0.1, 0.15) is 11.1 Å². The molecule has 2 amide bonds. The topological polar surface area (TPSA) is 129 Å². The molecule has 0 fully saturated rings. The first-order valence-corrected chi connectivity index (χ1v) is 6.88. The number of carbonyl (C=O) groups excluding carboxylic acids is 2. The minimum atomic E-state index is -0.425. The van der Waals surface area contributed by atoms with E-state index in [2.05, 4.69) is 20.9 Å². The van der Waals surface area contributed by atoms with Crippen LogP contribution >= 0.6 is 0 Å². The Morgan fingerprint density at radius 1 is 0.680 bits per heavy atom. The van der Waals surface area contributed by atoms with Crippen molar-refractivity contribution >= 4 is 34.6 Å². The number of rotatable bonds is 0. The predicted octanol–water partition coefficient (Wildman–Crippen LogP) is 1.85. The van der Waals surface area contributed by atoms with Crippen molar-refractivity contribution in [1.29, 1.82) is 0 Å². The van der Waals surface area contributed by atoms with Crippen LogP contribution in [0.15, 0.2) is 58.8 Å². The van der Waals surface area contributed by atoms with Gasteiger partial charge < -0.3 is 31.4 Å². The van der Waals surface area contributed by atoms with E-state index in [0.717, 1.165) is 0 Å². The van der Waals surface area contributed by atoms with E-state index in [0.29, 0.717) is 22.5 Å². The van der Waals surface area contributed by atoms with Gasteiger partial charge in [0.15, 0.2) is 0 Å². The van der Waals surface area contributed by atoms with Gasteiger partial charge in [0, 0.05) is 11.1 Å². The Kier molecular flexibility index (Phi) is 5.53. The molecule has 2 N–H and O–H groups in total. The van der Waals surface area contributed by atoms with E-state index < -0.39 is 11.8 Å². The van der Waals surface area contributed by atoms with Gasteiger partial charge >= 0.3 is 17.1 Å². The molecule has 0 bridgehead atoms. The Bertz CT molecular complexity index is 822. The van der Waals surface area contributed by atoms with E-state index >= 15 is 0 Å². The van der Waals surface area contributed by atoms with Gasteiger partial charge in [0.05, 0.1) is 11.4 Å². The summed E-state index contributed by atoms with van der Waals surface area (Å²) < 4.78 is 0. The van der Waals surface area contributed by atoms with Gasteiger partial charge in [-0.1, -0.05) is 36.4 Å². The van der Waals surface area contributed by atoms with Crippen molar-refractivity contribution in [2.45, 2.75) is 0 Å². The van der Waals surface area contributed by atoms with Crippen LogP contribution in [0.3, 0.4) is 0 Å². The van der Waals surface area contributed by atoms with Gasteiger partial charge in [0.2, 0.25) is 0 Å². The molecule has 2 aliphatic heterocycles. The molecular weight excluding hydrogens is 376 g/mol. The summed E-state index contributed by atoms with van der Waals surface area (Å²) in [5, 5.41) is 30.9. The van der Waals surface area contributed by atoms with E-state index in [1.807, 2.05) is 0 Å². The Labute approximate surface area is 152 Å². The number of nitrogens with zero attached hydrogens (tertiary/aromatic N) is 2. The number of fused-ring (bicyclic) bond motifs is 2. The summed E-state index contributed by atoms with van der Waals surface area (Å²) in [4.78, 5) is 22.0. The quantitative estimate of drug-likeness (QED) is 0.529. The Morgan fingerprint density at radius 2 is 1.04 bits per heavy atom. The average molecular weight is 386 g/mol. The molecule has 2 aromatic carbocycles. The smallest absolute Gasteiger partial charge is 0.791 e. The molecule has 25 heavy (non-hydrogen) atoms. The normalized spacial score (nSPS) is 17.0. The number of anilines is 2. The molecule has 0 aromatic heterocycles. The molecule has 0 aliphatic carbocycles. The first-order chi connectivity index (χ1) is 11.7. The zero-order valence-corrected chi connectivity index (χ0v) is 13.4. The van der Waals surface area contributed by atoms with Crippen LogP contribution in [0, 0.1) is 10.4 Å². The second-order valence-corrected chi connectivity index (χ2v) is 4.88. The van der Waals surface area contributed by atoms with Gasteiger partial charge in [-0.05, 0) is 12.1 Å². The molecule has 1 radical (unpaired) electrons. The SMILES string of the molecule is O=C1Nc2ccccc2C1=N[O-].O=C1Nc2ccccc2C1=N[O-].[Cu+2]. The molecule has 2 aromatic rings. The maximum atomic E-state index is 11.0. The summed E-state index contributed by atoms with van der Waals surface area (Å²) in [6, 6.07) is 13.9. The van der Waals surface area contributed by atoms with Crippen LogP contribution in [-0.2, 0) is 26.7 Å². The summed E-state index contributed by atoms with van der Waals surface area (Å²) >= 11 is 0. The fourth-order valence-corrected chi connectivity index (χ4v) is 2.39. The minimum absolute atomic E-state index is 0. The first kappa shape index (κ1) is 18.2. The summed E-state index contributed by atoms with van der Waals surface area (Å²) in [5.41, 5.74) is 2.39. The van der Waals surface area contributed by atoms with Gasteiger partial charge in [-0.25, -0.2) is 0 Å². The molecule has 8 nitrogen and oxygen atoms in total. The molecule has 129 valence electrons. The summed E-state index contributed by atoms with van der Waals surface area (Å²) in [6.07, 6.45) is 0. The van der Waals surface area contributed by atoms with E-state index in [4.69, 9.17) is 0 Å². The molecular formula is C16H10CuN4O4. The molecule has 2 heterocycles. The zero-order chi connectivity index (χ0) is 17.1. The first-order valence-electron chi connectivity index (χ1n) is 6.88. The number of amides is 2. The monoisotopic (exact) mass is 385 g/mol. The van der Waals surface area contributed by atoms with Crippen LogP contribution in [0.2, 0.25) is 0 Å². The van der Waals surface area contributed by atoms with Crippen molar-refractivity contribution in [3.63, 3.8) is 0 Å². The maximum Gasteiger partial charge on any atom is 2.00 e. The standard InChI is InChI=1S/2C8H6N2O2.Cu/c2*11-8-7(10-12)5-3-1-2-4-6(5)9-8;/h2*1-4,12H,(H,9,10,11);/q;;+2/p-2. The van der Waals surface area contributed by atoms with Crippen molar-refractivity contribution in [2.24, 2.45) is 10.3 Å². The van der Waals surface area contributed by atoms with Crippen molar-refractivity contribution in [2.75, 3.05) is 10.6 Å². The molecule has 0 spiro atoms. The van der Waals surface area contributed by atoms with E-state index in [9.17, 15) is 20.0 Å². The molecule has 0 unspecified atom stereocenters. The Morgan fingerprint density at radius 3 is 1.40 bits per heavy atom. The molecule has 0 saturated heterocycles. The second-order valence-electron chi connectivity index (χ2n) is 4.88. The van der Waals surface area contributed by atoms with Crippen molar-refractivity contribution in [3.05, 3.63) is 70.1 Å². The summed E-state index contributed by atoms with van der Waals surface area (Å²) in [7, 11) is 0. The fourth-order valence-electron chi connectivity index (χ4n) is 2.39. The van der Waals surface area contributed by atoms with Crippen molar-refractivity contribution in [1.82, 2.24) is 0 Å². The maximum absolute atomic E-state index is 11.0. The molecule has 0 saturated carbocycles. The number of carbonyl (C=O) groups is 2. The van der Waals surface area contributed by atoms with Crippen LogP contribution in [-0.4, -0.2) is 23.2 Å². The van der Waals surface area contributed by atoms with Crippen LogP contribution in [0.4, 0.5) is 11.4 Å². The number of benzene rings is 2. The number of hydrogen-bond donors (Lipinski definition) is 2. The molecule has 9 heteroatoms. The molecule has 0 atom stereocenters. The van der Waals surface area contributed by atoms with E-state index in [1.165, 1.54) is 0 Å². The number of para-hydroxylation sites is 2. The molecule has 4 rings (SSSR count). The van der Waals surface area contributed by atoms with Gasteiger partial charge in [0.1, 0.15) is 11.4 Å². The predicted molar refractivity (Wildman–Crippen MR) is 90.0 cm³/mol. The fraction of sp³-hybridized carbons (Fsp3) is 0. The van der Waals surface area contributed by atoms with E-state index in [1.54, 1.807) is 48.5 Å². The van der Waals surface area contributed by atoms with Gasteiger partial charge in [-0.2, -0.15) is 0 Å². The van der Waals surface area contributed by atoms with Crippen molar-refractivity contribution < 1.29 is 26.7 Å². The third-order valence-electron chi connectivity index (χ3n) is 3.47. The van der Waals surface area contributed by atoms with Gasteiger partial charge in [-0.3, -0.25) is 9.59 Å². The zero-order valence-electron chi connectivity index (χ0n) is 12.4. The minimum Gasteiger partial charge on any atom is -0.791 e. The van der Waals surface area contributed by atoms with Crippen LogP contribution in [0.25, 0.3) is 0 Å². The van der Waals surface area contributed by atoms with E-state index in [-0.39, 0.29) is 28.5 Å². The third kappa shape index (κ3) is 3.37. The second kappa shape index (κ2) is 7.61. The Balaban J connectivity index is 0.000000173. The van der Waals surface area contributed by atoms with Gasteiger partial charge in [-0.15, -0.1) is 0 Å². The summed E-state index contributed by atoms with van der Waals surface area (Å²) in [5.74, 6) is -0.850. The third-order valence-corrected chi connectivity index (χ3v) is 3.47. The van der Waals surface area contributed by atoms with Crippen molar-refractivity contribution in [3.8, 4) is 0 Å². The summed E-state index contributed by atoms with van der Waals surface area (Å²) in [6.45, 7) is 0. The Hall–Kier alpha value is -3.16. The van der Waals surface area contributed by atoms with Crippen LogP contribution < -0.4 is 10.6 Å². The number of hydrogen-bond acceptors (Lipinski definition) is 6. The average Bonchev–Trinajstić information content (AvgIpc) is 3.09. The number of nitrogens with one attached hydrogen (secondary N) is 2.